The highest BCUT2D eigenvalue weighted by molar-refractivity contribution is 7.99. The molecule has 1 saturated heterocycles. The third-order valence-corrected chi connectivity index (χ3v) is 2.46. The minimum atomic E-state index is 0.446. The van der Waals surface area contributed by atoms with Gasteiger partial charge in [0.05, 0.1) is 0 Å². The summed E-state index contributed by atoms with van der Waals surface area (Å²) in [5, 5.41) is 0. The third kappa shape index (κ3) is 2.26. The van der Waals surface area contributed by atoms with E-state index in [2.05, 4.69) is 17.0 Å². The molecule has 0 amide bonds. The SMILES string of the molecule is O=C=NC#CC1CCSC1. The number of hydrogen-bond donors (Lipinski definition) is 0. The predicted octanol–water partition coefficient (Wildman–Crippen LogP) is 1.04. The van der Waals surface area contributed by atoms with E-state index in [4.69, 9.17) is 0 Å². The van der Waals surface area contributed by atoms with E-state index in [0.29, 0.717) is 5.92 Å². The van der Waals surface area contributed by atoms with Gasteiger partial charge in [0.2, 0.25) is 6.08 Å². The van der Waals surface area contributed by atoms with Gasteiger partial charge in [0.25, 0.3) is 0 Å². The molecule has 1 fully saturated rings. The van der Waals surface area contributed by atoms with Crippen LogP contribution >= 0.6 is 11.8 Å². The lowest BCUT2D eigenvalue weighted by atomic mass is 10.1. The minimum Gasteiger partial charge on any atom is -0.210 e. The molecule has 1 unspecified atom stereocenters. The third-order valence-electron chi connectivity index (χ3n) is 1.30. The van der Waals surface area contributed by atoms with Crippen molar-refractivity contribution in [2.24, 2.45) is 10.9 Å². The van der Waals surface area contributed by atoms with Crippen LogP contribution in [-0.4, -0.2) is 17.6 Å². The standard InChI is InChI=1S/C7H7NOS/c9-6-8-3-1-7-2-4-10-5-7/h7H,2,4-5H2. The number of aliphatic imine (C=N–C) groups is 1. The maximum absolute atomic E-state index is 9.58. The smallest absolute Gasteiger partial charge is 0.210 e. The topological polar surface area (TPSA) is 29.4 Å². The number of hydrogen-bond acceptors (Lipinski definition) is 3. The number of nitrogens with zero attached hydrogens (tertiary/aromatic N) is 1. The van der Waals surface area contributed by atoms with Crippen molar-refractivity contribution in [2.75, 3.05) is 11.5 Å². The van der Waals surface area contributed by atoms with Gasteiger partial charge in [-0.1, -0.05) is 5.92 Å². The zero-order valence-electron chi connectivity index (χ0n) is 5.46. The summed E-state index contributed by atoms with van der Waals surface area (Å²) in [5.74, 6) is 5.60. The lowest BCUT2D eigenvalue weighted by Gasteiger charge is -1.90. The molecule has 0 bridgehead atoms. The van der Waals surface area contributed by atoms with Crippen LogP contribution in [0.3, 0.4) is 0 Å². The molecule has 0 radical (unpaired) electrons. The van der Waals surface area contributed by atoms with Crippen molar-refractivity contribution < 1.29 is 4.79 Å². The molecule has 0 aromatic carbocycles. The normalized spacial score (nSPS) is 22.6. The molecule has 0 aromatic rings. The molecule has 0 aliphatic carbocycles. The number of rotatable bonds is 0. The van der Waals surface area contributed by atoms with E-state index in [1.165, 1.54) is 11.8 Å². The molecular formula is C7H7NOS. The Labute approximate surface area is 64.1 Å². The highest BCUT2D eigenvalue weighted by Crippen LogP contribution is 2.22. The van der Waals surface area contributed by atoms with Crippen LogP contribution in [0.1, 0.15) is 6.42 Å². The number of isocyanates is 1. The van der Waals surface area contributed by atoms with Crippen LogP contribution in [-0.2, 0) is 4.79 Å². The summed E-state index contributed by atoms with van der Waals surface area (Å²) in [6, 6.07) is 2.42. The van der Waals surface area contributed by atoms with Crippen LogP contribution in [0.4, 0.5) is 0 Å². The summed E-state index contributed by atoms with van der Waals surface area (Å²) in [6.07, 6.45) is 2.52. The first-order valence-electron chi connectivity index (χ1n) is 3.08. The monoisotopic (exact) mass is 153 g/mol. The summed E-state index contributed by atoms with van der Waals surface area (Å²) < 4.78 is 0. The maximum atomic E-state index is 9.58. The summed E-state index contributed by atoms with van der Waals surface area (Å²) >= 11 is 1.90. The molecule has 0 aromatic heterocycles. The summed E-state index contributed by atoms with van der Waals surface area (Å²) in [4.78, 5) is 12.7. The largest absolute Gasteiger partial charge is 0.249 e. The van der Waals surface area contributed by atoms with Crippen LogP contribution in [0.25, 0.3) is 0 Å². The van der Waals surface area contributed by atoms with E-state index < -0.39 is 0 Å². The van der Waals surface area contributed by atoms with Gasteiger partial charge in [-0.25, -0.2) is 4.79 Å². The highest BCUT2D eigenvalue weighted by atomic mass is 32.2. The van der Waals surface area contributed by atoms with E-state index in [1.807, 2.05) is 11.8 Å². The second kappa shape index (κ2) is 4.16. The molecule has 1 aliphatic rings. The van der Waals surface area contributed by atoms with E-state index in [-0.39, 0.29) is 0 Å². The van der Waals surface area contributed by atoms with Gasteiger partial charge >= 0.3 is 0 Å². The van der Waals surface area contributed by atoms with Crippen LogP contribution in [0.15, 0.2) is 4.99 Å². The van der Waals surface area contributed by atoms with E-state index in [9.17, 15) is 4.79 Å². The Kier molecular flexibility index (Phi) is 3.08. The van der Waals surface area contributed by atoms with Gasteiger partial charge in [-0.2, -0.15) is 11.8 Å². The van der Waals surface area contributed by atoms with Gasteiger partial charge in [0.1, 0.15) is 0 Å². The first-order valence-corrected chi connectivity index (χ1v) is 4.24. The lowest BCUT2D eigenvalue weighted by molar-refractivity contribution is 0.565. The Hall–Kier alpha value is -0.710. The van der Waals surface area contributed by atoms with Crippen LogP contribution in [0.5, 0.6) is 0 Å². The average molecular weight is 153 g/mol. The van der Waals surface area contributed by atoms with Crippen molar-refractivity contribution in [3.63, 3.8) is 0 Å². The molecule has 1 heterocycles. The molecule has 0 saturated carbocycles. The van der Waals surface area contributed by atoms with Crippen molar-refractivity contribution in [1.82, 2.24) is 0 Å². The highest BCUT2D eigenvalue weighted by Gasteiger charge is 2.11. The van der Waals surface area contributed by atoms with Crippen molar-refractivity contribution in [1.29, 1.82) is 0 Å². The van der Waals surface area contributed by atoms with E-state index >= 15 is 0 Å². The Bertz CT molecular complexity index is 203. The molecular weight excluding hydrogens is 146 g/mol. The molecule has 10 heavy (non-hydrogen) atoms. The zero-order chi connectivity index (χ0) is 7.23. The second-order valence-corrected chi connectivity index (χ2v) is 3.17. The molecule has 2 nitrogen and oxygen atoms in total. The van der Waals surface area contributed by atoms with Crippen LogP contribution in [0, 0.1) is 17.9 Å². The fraction of sp³-hybridized carbons (Fsp3) is 0.571. The Balaban J connectivity index is 2.37. The Morgan fingerprint density at radius 2 is 2.50 bits per heavy atom. The first kappa shape index (κ1) is 7.40. The van der Waals surface area contributed by atoms with Crippen LogP contribution in [0.2, 0.25) is 0 Å². The molecule has 1 rings (SSSR count). The quantitative estimate of drug-likeness (QED) is 0.295. The average Bonchev–Trinajstić information content (AvgIpc) is 2.41. The summed E-state index contributed by atoms with van der Waals surface area (Å²) in [7, 11) is 0. The van der Waals surface area contributed by atoms with Gasteiger partial charge < -0.3 is 0 Å². The van der Waals surface area contributed by atoms with Crippen molar-refractivity contribution in [2.45, 2.75) is 6.42 Å². The van der Waals surface area contributed by atoms with Gasteiger partial charge in [0, 0.05) is 17.7 Å². The molecule has 1 atom stereocenters. The van der Waals surface area contributed by atoms with Crippen LogP contribution < -0.4 is 0 Å². The van der Waals surface area contributed by atoms with Gasteiger partial charge in [-0.05, 0) is 12.2 Å². The van der Waals surface area contributed by atoms with E-state index in [1.54, 1.807) is 0 Å². The lowest BCUT2D eigenvalue weighted by Crippen LogP contribution is -1.90. The number of carbonyl (C=O) groups excluding carboxylic acids is 1. The van der Waals surface area contributed by atoms with Crippen molar-refractivity contribution in [3.8, 4) is 12.0 Å². The molecule has 0 N–H and O–H groups in total. The molecule has 0 spiro atoms. The number of thioether (sulfide) groups is 1. The fourth-order valence-electron chi connectivity index (χ4n) is 0.795. The first-order chi connectivity index (χ1) is 4.93. The van der Waals surface area contributed by atoms with Crippen molar-refractivity contribution in [3.05, 3.63) is 0 Å². The predicted molar refractivity (Wildman–Crippen MR) is 41.3 cm³/mol. The van der Waals surface area contributed by atoms with Gasteiger partial charge in [-0.15, -0.1) is 4.99 Å². The zero-order valence-corrected chi connectivity index (χ0v) is 6.28. The fourth-order valence-corrected chi connectivity index (χ4v) is 1.95. The molecule has 52 valence electrons. The summed E-state index contributed by atoms with van der Waals surface area (Å²) in [5.41, 5.74) is 0. The van der Waals surface area contributed by atoms with Gasteiger partial charge in [0.15, 0.2) is 0 Å². The summed E-state index contributed by atoms with van der Waals surface area (Å²) in [6.45, 7) is 0. The Morgan fingerprint density at radius 3 is 3.10 bits per heavy atom. The maximum Gasteiger partial charge on any atom is 0.249 e. The molecule has 3 heteroatoms. The van der Waals surface area contributed by atoms with Gasteiger partial charge in [-0.3, -0.25) is 0 Å². The second-order valence-electron chi connectivity index (χ2n) is 2.02. The molecule has 1 aliphatic heterocycles. The minimum absolute atomic E-state index is 0.446. The van der Waals surface area contributed by atoms with Crippen molar-refractivity contribution >= 4 is 17.8 Å². The van der Waals surface area contributed by atoms with E-state index in [0.717, 1.165) is 12.2 Å². The Morgan fingerprint density at radius 1 is 1.60 bits per heavy atom.